The highest BCUT2D eigenvalue weighted by Crippen LogP contribution is 2.08. The molecule has 0 aliphatic heterocycles. The fraction of sp³-hybridized carbons (Fsp3) is 0.250. The summed E-state index contributed by atoms with van der Waals surface area (Å²) in [5.74, 6) is 0.307. The first kappa shape index (κ1) is 13.4. The van der Waals surface area contributed by atoms with Crippen molar-refractivity contribution >= 4 is 23.0 Å². The number of aromatic amines is 1. The van der Waals surface area contributed by atoms with E-state index in [1.807, 2.05) is 12.3 Å². The predicted molar refractivity (Wildman–Crippen MR) is 76.4 cm³/mol. The van der Waals surface area contributed by atoms with Crippen LogP contribution < -0.4 is 10.9 Å². The first-order valence-corrected chi connectivity index (χ1v) is 7.06. The van der Waals surface area contributed by atoms with Gasteiger partial charge in [-0.15, -0.1) is 11.3 Å². The Kier molecular flexibility index (Phi) is 3.26. The molecule has 1 amide bonds. The Morgan fingerprint density at radius 1 is 1.43 bits per heavy atom. The van der Waals surface area contributed by atoms with E-state index in [4.69, 9.17) is 0 Å². The molecule has 0 aliphatic rings. The maximum Gasteiger partial charge on any atom is 0.286 e. The molecule has 0 saturated carbocycles. The van der Waals surface area contributed by atoms with Gasteiger partial charge in [0.25, 0.3) is 17.2 Å². The van der Waals surface area contributed by atoms with Crippen LogP contribution in [-0.2, 0) is 6.54 Å². The van der Waals surface area contributed by atoms with Gasteiger partial charge < -0.3 is 5.32 Å². The third kappa shape index (κ3) is 2.55. The molecular weight excluding hydrogens is 292 g/mol. The molecule has 9 heteroatoms. The minimum absolute atomic E-state index is 0.0376. The van der Waals surface area contributed by atoms with E-state index in [0.29, 0.717) is 5.82 Å². The van der Waals surface area contributed by atoms with Crippen molar-refractivity contribution < 1.29 is 4.79 Å². The molecule has 0 aromatic carbocycles. The quantitative estimate of drug-likeness (QED) is 0.729. The lowest BCUT2D eigenvalue weighted by molar-refractivity contribution is 0.0948. The van der Waals surface area contributed by atoms with E-state index in [-0.39, 0.29) is 17.9 Å². The third-order valence-corrected chi connectivity index (χ3v) is 3.76. The highest BCUT2D eigenvalue weighted by atomic mass is 32.1. The summed E-state index contributed by atoms with van der Waals surface area (Å²) in [7, 11) is 0. The number of fused-ring (bicyclic) bond motifs is 1. The van der Waals surface area contributed by atoms with Gasteiger partial charge >= 0.3 is 0 Å². The SMILES string of the molecule is Cc1csc(CNC(=O)c2cnc3nc(C)[nH]n3c2=O)n1. The van der Waals surface area contributed by atoms with Crippen LogP contribution in [0.5, 0.6) is 0 Å². The zero-order chi connectivity index (χ0) is 15.0. The highest BCUT2D eigenvalue weighted by molar-refractivity contribution is 7.09. The molecular formula is C12H12N6O2S. The van der Waals surface area contributed by atoms with Gasteiger partial charge in [-0.25, -0.2) is 9.97 Å². The second-order valence-electron chi connectivity index (χ2n) is 4.49. The lowest BCUT2D eigenvalue weighted by atomic mass is 10.3. The van der Waals surface area contributed by atoms with Crippen molar-refractivity contribution in [2.24, 2.45) is 0 Å². The van der Waals surface area contributed by atoms with Crippen LogP contribution in [-0.4, -0.2) is 30.5 Å². The minimum Gasteiger partial charge on any atom is -0.345 e. The summed E-state index contributed by atoms with van der Waals surface area (Å²) in [5, 5.41) is 8.09. The van der Waals surface area contributed by atoms with E-state index in [0.717, 1.165) is 15.2 Å². The lowest BCUT2D eigenvalue weighted by Gasteiger charge is -2.02. The van der Waals surface area contributed by atoms with Gasteiger partial charge in [0.2, 0.25) is 0 Å². The molecule has 0 fully saturated rings. The van der Waals surface area contributed by atoms with Crippen LogP contribution in [0.25, 0.3) is 5.78 Å². The van der Waals surface area contributed by atoms with E-state index < -0.39 is 11.5 Å². The molecule has 3 heterocycles. The topological polar surface area (TPSA) is 105 Å². The van der Waals surface area contributed by atoms with E-state index in [1.54, 1.807) is 6.92 Å². The fourth-order valence-corrected chi connectivity index (χ4v) is 2.57. The molecule has 0 radical (unpaired) electrons. The monoisotopic (exact) mass is 304 g/mol. The number of thiazole rings is 1. The molecule has 108 valence electrons. The Morgan fingerprint density at radius 3 is 2.95 bits per heavy atom. The van der Waals surface area contributed by atoms with Crippen LogP contribution in [0.15, 0.2) is 16.4 Å². The number of aryl methyl sites for hydroxylation is 2. The number of H-pyrrole nitrogens is 1. The first-order valence-electron chi connectivity index (χ1n) is 6.18. The molecule has 8 nitrogen and oxygen atoms in total. The van der Waals surface area contributed by atoms with Crippen LogP contribution in [0, 0.1) is 13.8 Å². The molecule has 3 aromatic rings. The molecule has 3 rings (SSSR count). The average molecular weight is 304 g/mol. The van der Waals surface area contributed by atoms with Gasteiger partial charge in [0.15, 0.2) is 0 Å². The van der Waals surface area contributed by atoms with E-state index >= 15 is 0 Å². The van der Waals surface area contributed by atoms with Gasteiger partial charge in [-0.2, -0.15) is 9.50 Å². The Hall–Kier alpha value is -2.55. The van der Waals surface area contributed by atoms with Crippen LogP contribution in [0.3, 0.4) is 0 Å². The van der Waals surface area contributed by atoms with Crippen molar-refractivity contribution in [1.29, 1.82) is 0 Å². The van der Waals surface area contributed by atoms with Crippen LogP contribution in [0.4, 0.5) is 0 Å². The number of hydrogen-bond donors (Lipinski definition) is 2. The molecule has 21 heavy (non-hydrogen) atoms. The number of carbonyl (C=O) groups is 1. The largest absolute Gasteiger partial charge is 0.345 e. The van der Waals surface area contributed by atoms with Crippen molar-refractivity contribution in [3.8, 4) is 0 Å². The number of carbonyl (C=O) groups excluding carboxylic acids is 1. The molecule has 0 atom stereocenters. The summed E-state index contributed by atoms with van der Waals surface area (Å²) in [6, 6.07) is 0. The zero-order valence-electron chi connectivity index (χ0n) is 11.4. The number of rotatable bonds is 3. The van der Waals surface area contributed by atoms with Crippen molar-refractivity contribution in [3.05, 3.63) is 44.0 Å². The average Bonchev–Trinajstić information content (AvgIpc) is 3.02. The molecule has 0 saturated heterocycles. The molecule has 0 aliphatic carbocycles. The molecule has 3 aromatic heterocycles. The van der Waals surface area contributed by atoms with Crippen molar-refractivity contribution in [3.63, 3.8) is 0 Å². The molecule has 0 unspecified atom stereocenters. The molecule has 0 bridgehead atoms. The Balaban J connectivity index is 1.84. The van der Waals surface area contributed by atoms with E-state index in [2.05, 4.69) is 25.4 Å². The van der Waals surface area contributed by atoms with Gasteiger partial charge in [-0.05, 0) is 13.8 Å². The zero-order valence-corrected chi connectivity index (χ0v) is 12.2. The highest BCUT2D eigenvalue weighted by Gasteiger charge is 2.15. The second-order valence-corrected chi connectivity index (χ2v) is 5.43. The number of nitrogens with zero attached hydrogens (tertiary/aromatic N) is 4. The number of hydrogen-bond acceptors (Lipinski definition) is 6. The molecule has 2 N–H and O–H groups in total. The minimum atomic E-state index is -0.484. The summed E-state index contributed by atoms with van der Waals surface area (Å²) in [6.07, 6.45) is 1.24. The Bertz CT molecular complexity index is 877. The van der Waals surface area contributed by atoms with Crippen LogP contribution in [0.2, 0.25) is 0 Å². The number of amides is 1. The number of nitrogens with one attached hydrogen (secondary N) is 2. The van der Waals surface area contributed by atoms with Gasteiger partial charge in [-0.3, -0.25) is 14.7 Å². The van der Waals surface area contributed by atoms with E-state index in [9.17, 15) is 9.59 Å². The van der Waals surface area contributed by atoms with Crippen molar-refractivity contribution in [2.75, 3.05) is 0 Å². The maximum atomic E-state index is 12.2. The normalized spacial score (nSPS) is 11.0. The first-order chi connectivity index (χ1) is 10.0. The Morgan fingerprint density at radius 2 is 2.24 bits per heavy atom. The third-order valence-electron chi connectivity index (χ3n) is 2.80. The second kappa shape index (κ2) is 5.09. The fourth-order valence-electron chi connectivity index (χ4n) is 1.85. The standard InChI is InChI=1S/C12H12N6O2S/c1-6-5-21-9(15-6)4-13-10(19)8-3-14-12-16-7(2)17-18(12)11(8)20/h3,5H,4H2,1-2H3,(H,13,19)(H,14,16,17). The number of aromatic nitrogens is 5. The summed E-state index contributed by atoms with van der Waals surface area (Å²) >= 11 is 1.46. The smallest absolute Gasteiger partial charge is 0.286 e. The summed E-state index contributed by atoms with van der Waals surface area (Å²) in [4.78, 5) is 36.5. The van der Waals surface area contributed by atoms with Gasteiger partial charge in [0.1, 0.15) is 16.4 Å². The van der Waals surface area contributed by atoms with Gasteiger partial charge in [0.05, 0.1) is 6.54 Å². The Labute approximate surface area is 122 Å². The summed E-state index contributed by atoms with van der Waals surface area (Å²) in [6.45, 7) is 3.87. The van der Waals surface area contributed by atoms with Crippen molar-refractivity contribution in [2.45, 2.75) is 20.4 Å². The summed E-state index contributed by atoms with van der Waals surface area (Å²) < 4.78 is 1.15. The predicted octanol–water partition coefficient (Wildman–Crippen LogP) is 0.421. The van der Waals surface area contributed by atoms with Crippen LogP contribution >= 0.6 is 11.3 Å². The van der Waals surface area contributed by atoms with E-state index in [1.165, 1.54) is 17.5 Å². The molecule has 0 spiro atoms. The maximum absolute atomic E-state index is 12.2. The summed E-state index contributed by atoms with van der Waals surface area (Å²) in [5.41, 5.74) is 0.387. The van der Waals surface area contributed by atoms with Gasteiger partial charge in [-0.1, -0.05) is 0 Å². The van der Waals surface area contributed by atoms with Crippen molar-refractivity contribution in [1.82, 2.24) is 29.9 Å². The van der Waals surface area contributed by atoms with Crippen LogP contribution in [0.1, 0.15) is 26.9 Å². The lowest BCUT2D eigenvalue weighted by Crippen LogP contribution is -2.31. The van der Waals surface area contributed by atoms with Gasteiger partial charge in [0, 0.05) is 17.3 Å².